The van der Waals surface area contributed by atoms with E-state index in [0.717, 1.165) is 11.3 Å². The quantitative estimate of drug-likeness (QED) is 0.710. The molecule has 0 aliphatic carbocycles. The van der Waals surface area contributed by atoms with Crippen LogP contribution in [0.3, 0.4) is 0 Å². The highest BCUT2D eigenvalue weighted by atomic mass is 16.5. The Kier molecular flexibility index (Phi) is 2.91. The SMILES string of the molecule is COC(=O)c1ccc(-c2cc[nH+]cc2)nc1. The summed E-state index contributed by atoms with van der Waals surface area (Å²) in [4.78, 5) is 18.3. The average molecular weight is 215 g/mol. The predicted molar refractivity (Wildman–Crippen MR) is 57.6 cm³/mol. The van der Waals surface area contributed by atoms with Crippen LogP contribution in [0.15, 0.2) is 42.9 Å². The summed E-state index contributed by atoms with van der Waals surface area (Å²) in [5.41, 5.74) is 2.27. The van der Waals surface area contributed by atoms with Gasteiger partial charge in [0.2, 0.25) is 0 Å². The molecule has 1 N–H and O–H groups in total. The van der Waals surface area contributed by atoms with Gasteiger partial charge < -0.3 is 4.74 Å². The molecule has 0 atom stereocenters. The monoisotopic (exact) mass is 215 g/mol. The van der Waals surface area contributed by atoms with Crippen molar-refractivity contribution in [2.24, 2.45) is 0 Å². The molecular formula is C12H11N2O2+. The Balaban J connectivity index is 2.30. The van der Waals surface area contributed by atoms with Crippen molar-refractivity contribution < 1.29 is 14.5 Å². The van der Waals surface area contributed by atoms with E-state index in [1.807, 2.05) is 24.5 Å². The smallest absolute Gasteiger partial charge is 0.339 e. The van der Waals surface area contributed by atoms with Gasteiger partial charge in [0.05, 0.1) is 18.4 Å². The Bertz CT molecular complexity index is 480. The summed E-state index contributed by atoms with van der Waals surface area (Å²) in [6.45, 7) is 0. The third-order valence-corrected chi connectivity index (χ3v) is 2.20. The lowest BCUT2D eigenvalue weighted by Gasteiger charge is -2.00. The molecule has 2 rings (SSSR count). The van der Waals surface area contributed by atoms with Gasteiger partial charge in [-0.05, 0) is 12.1 Å². The van der Waals surface area contributed by atoms with E-state index in [9.17, 15) is 4.79 Å². The van der Waals surface area contributed by atoms with Gasteiger partial charge >= 0.3 is 5.97 Å². The van der Waals surface area contributed by atoms with Gasteiger partial charge in [0.15, 0.2) is 12.4 Å². The third kappa shape index (κ3) is 2.06. The first-order valence-electron chi connectivity index (χ1n) is 4.82. The minimum absolute atomic E-state index is 0.375. The average Bonchev–Trinajstić information content (AvgIpc) is 2.39. The molecule has 2 aromatic heterocycles. The molecular weight excluding hydrogens is 204 g/mol. The molecule has 0 fully saturated rings. The first-order chi connectivity index (χ1) is 7.81. The van der Waals surface area contributed by atoms with Crippen LogP contribution in [0.4, 0.5) is 0 Å². The van der Waals surface area contributed by atoms with Crippen molar-refractivity contribution in [3.63, 3.8) is 0 Å². The molecule has 0 aliphatic heterocycles. The normalized spacial score (nSPS) is 9.81. The lowest BCUT2D eigenvalue weighted by Crippen LogP contribution is -2.02. The second-order valence-electron chi connectivity index (χ2n) is 3.21. The van der Waals surface area contributed by atoms with Crippen LogP contribution in [0.1, 0.15) is 10.4 Å². The van der Waals surface area contributed by atoms with E-state index >= 15 is 0 Å². The van der Waals surface area contributed by atoms with Gasteiger partial charge in [-0.15, -0.1) is 0 Å². The molecule has 0 aliphatic rings. The number of rotatable bonds is 2. The van der Waals surface area contributed by atoms with Crippen LogP contribution in [0.5, 0.6) is 0 Å². The van der Waals surface area contributed by atoms with Gasteiger partial charge in [-0.1, -0.05) is 0 Å². The number of hydrogen-bond donors (Lipinski definition) is 0. The van der Waals surface area contributed by atoms with E-state index in [1.165, 1.54) is 13.3 Å². The first kappa shape index (κ1) is 10.3. The molecule has 4 heteroatoms. The molecule has 0 saturated carbocycles. The van der Waals surface area contributed by atoms with Crippen molar-refractivity contribution in [2.45, 2.75) is 0 Å². The number of carbonyl (C=O) groups is 1. The van der Waals surface area contributed by atoms with Crippen molar-refractivity contribution in [2.75, 3.05) is 7.11 Å². The molecule has 80 valence electrons. The maximum Gasteiger partial charge on any atom is 0.339 e. The lowest BCUT2D eigenvalue weighted by molar-refractivity contribution is -0.377. The van der Waals surface area contributed by atoms with Gasteiger partial charge in [-0.25, -0.2) is 9.78 Å². The second kappa shape index (κ2) is 4.53. The Morgan fingerprint density at radius 1 is 1.25 bits per heavy atom. The van der Waals surface area contributed by atoms with Gasteiger partial charge in [0.25, 0.3) is 0 Å². The van der Waals surface area contributed by atoms with E-state index in [4.69, 9.17) is 0 Å². The largest absolute Gasteiger partial charge is 0.465 e. The Labute approximate surface area is 92.9 Å². The van der Waals surface area contributed by atoms with Gasteiger partial charge in [0.1, 0.15) is 0 Å². The van der Waals surface area contributed by atoms with Crippen LogP contribution in [0, 0.1) is 0 Å². The standard InChI is InChI=1S/C12H10N2O2/c1-16-12(15)10-2-3-11(14-8-10)9-4-6-13-7-5-9/h2-8H,1H3/p+1. The van der Waals surface area contributed by atoms with Crippen molar-refractivity contribution in [3.8, 4) is 11.3 Å². The Hall–Kier alpha value is -2.23. The predicted octanol–water partition coefficient (Wildman–Crippen LogP) is 1.35. The fourth-order valence-corrected chi connectivity index (χ4v) is 1.36. The number of H-pyrrole nitrogens is 1. The van der Waals surface area contributed by atoms with E-state index in [-0.39, 0.29) is 5.97 Å². The van der Waals surface area contributed by atoms with E-state index in [2.05, 4.69) is 14.7 Å². The topological polar surface area (TPSA) is 53.3 Å². The molecule has 2 aromatic rings. The molecule has 0 amide bonds. The summed E-state index contributed by atoms with van der Waals surface area (Å²) < 4.78 is 4.60. The fourth-order valence-electron chi connectivity index (χ4n) is 1.36. The molecule has 0 aromatic carbocycles. The zero-order chi connectivity index (χ0) is 11.4. The molecule has 16 heavy (non-hydrogen) atoms. The molecule has 0 radical (unpaired) electrons. The van der Waals surface area contributed by atoms with Gasteiger partial charge in [-0.2, -0.15) is 0 Å². The fraction of sp³-hybridized carbons (Fsp3) is 0.0833. The van der Waals surface area contributed by atoms with Gasteiger partial charge in [-0.3, -0.25) is 4.98 Å². The van der Waals surface area contributed by atoms with Crippen molar-refractivity contribution in [1.29, 1.82) is 0 Å². The highest BCUT2D eigenvalue weighted by Crippen LogP contribution is 2.14. The minimum atomic E-state index is -0.375. The van der Waals surface area contributed by atoms with E-state index < -0.39 is 0 Å². The molecule has 4 nitrogen and oxygen atoms in total. The number of hydrogen-bond acceptors (Lipinski definition) is 3. The summed E-state index contributed by atoms with van der Waals surface area (Å²) in [6, 6.07) is 7.33. The van der Waals surface area contributed by atoms with Crippen LogP contribution >= 0.6 is 0 Å². The number of methoxy groups -OCH3 is 1. The van der Waals surface area contributed by atoms with E-state index in [0.29, 0.717) is 5.56 Å². The van der Waals surface area contributed by atoms with Crippen LogP contribution < -0.4 is 4.98 Å². The number of carbonyl (C=O) groups excluding carboxylic acids is 1. The Morgan fingerprint density at radius 2 is 2.00 bits per heavy atom. The van der Waals surface area contributed by atoms with Crippen molar-refractivity contribution >= 4 is 5.97 Å². The molecule has 0 unspecified atom stereocenters. The maximum atomic E-state index is 11.2. The van der Waals surface area contributed by atoms with E-state index in [1.54, 1.807) is 12.1 Å². The number of nitrogens with zero attached hydrogens (tertiary/aromatic N) is 1. The number of ether oxygens (including phenoxy) is 1. The van der Waals surface area contributed by atoms with Crippen LogP contribution in [0.25, 0.3) is 11.3 Å². The number of aromatic amines is 1. The zero-order valence-electron chi connectivity index (χ0n) is 8.81. The number of pyridine rings is 2. The van der Waals surface area contributed by atoms with Crippen LogP contribution in [-0.2, 0) is 4.74 Å². The molecule has 0 spiro atoms. The summed E-state index contributed by atoms with van der Waals surface area (Å²) in [6.07, 6.45) is 5.16. The Morgan fingerprint density at radius 3 is 2.56 bits per heavy atom. The number of esters is 1. The highest BCUT2D eigenvalue weighted by molar-refractivity contribution is 5.89. The number of aromatic nitrogens is 2. The molecule has 0 saturated heterocycles. The lowest BCUT2D eigenvalue weighted by atomic mass is 10.1. The minimum Gasteiger partial charge on any atom is -0.465 e. The van der Waals surface area contributed by atoms with Crippen LogP contribution in [-0.4, -0.2) is 18.1 Å². The third-order valence-electron chi connectivity index (χ3n) is 2.20. The highest BCUT2D eigenvalue weighted by Gasteiger charge is 2.06. The second-order valence-corrected chi connectivity index (χ2v) is 3.21. The van der Waals surface area contributed by atoms with Gasteiger partial charge in [0, 0.05) is 23.9 Å². The molecule has 2 heterocycles. The van der Waals surface area contributed by atoms with Crippen LogP contribution in [0.2, 0.25) is 0 Å². The molecule has 0 bridgehead atoms. The van der Waals surface area contributed by atoms with Crippen molar-refractivity contribution in [1.82, 2.24) is 4.98 Å². The number of nitrogens with one attached hydrogen (secondary N) is 1. The first-order valence-corrected chi connectivity index (χ1v) is 4.82. The summed E-state index contributed by atoms with van der Waals surface area (Å²) in [7, 11) is 1.35. The summed E-state index contributed by atoms with van der Waals surface area (Å²) in [5.74, 6) is -0.375. The zero-order valence-corrected chi connectivity index (χ0v) is 8.81. The van der Waals surface area contributed by atoms with Crippen molar-refractivity contribution in [3.05, 3.63) is 48.4 Å². The summed E-state index contributed by atoms with van der Waals surface area (Å²) in [5, 5.41) is 0. The summed E-state index contributed by atoms with van der Waals surface area (Å²) >= 11 is 0. The maximum absolute atomic E-state index is 11.2.